The second-order valence-electron chi connectivity index (χ2n) is 9.97. The Bertz CT molecular complexity index is 645. The van der Waals surface area contributed by atoms with E-state index in [1.54, 1.807) is 5.57 Å². The minimum atomic E-state index is -0.678. The zero-order valence-corrected chi connectivity index (χ0v) is 16.0. The number of carboxylic acids is 1. The molecule has 2 aliphatic heterocycles. The first-order valence-corrected chi connectivity index (χ1v) is 10.8. The summed E-state index contributed by atoms with van der Waals surface area (Å²) in [5.74, 6) is 1.84. The molecular weight excluding hydrogens is 326 g/mol. The topological polar surface area (TPSA) is 60.8 Å². The Morgan fingerprint density at radius 1 is 1.27 bits per heavy atom. The van der Waals surface area contributed by atoms with Crippen LogP contribution in [0.4, 0.5) is 0 Å². The fraction of sp³-hybridized carbons (Fsp3) is 0.864. The summed E-state index contributed by atoms with van der Waals surface area (Å²) < 4.78 is 0. The normalized spacial score (nSPS) is 49.5. The van der Waals surface area contributed by atoms with Crippen LogP contribution in [0.15, 0.2) is 11.6 Å². The van der Waals surface area contributed by atoms with Gasteiger partial charge in [-0.15, -0.1) is 0 Å². The number of piperidine rings is 1. The molecule has 0 aromatic carbocycles. The van der Waals surface area contributed by atoms with Crippen LogP contribution in [0.25, 0.3) is 0 Å². The first kappa shape index (κ1) is 17.2. The summed E-state index contributed by atoms with van der Waals surface area (Å²) in [7, 11) is 0. The van der Waals surface area contributed by atoms with Gasteiger partial charge < -0.3 is 10.2 Å². The van der Waals surface area contributed by atoms with Gasteiger partial charge in [0, 0.05) is 43.0 Å². The van der Waals surface area contributed by atoms with Crippen LogP contribution >= 0.6 is 0 Å². The predicted molar refractivity (Wildman–Crippen MR) is 99.6 cm³/mol. The smallest absolute Gasteiger partial charge is 0.303 e. The summed E-state index contributed by atoms with van der Waals surface area (Å²) in [6.45, 7) is 4.94. The highest BCUT2D eigenvalue weighted by molar-refractivity contribution is 5.67. The number of aliphatic hydroxyl groups excluding tert-OH is 1. The number of nitrogens with zero attached hydrogens (tertiary/aromatic N) is 1. The van der Waals surface area contributed by atoms with Crippen molar-refractivity contribution in [1.29, 1.82) is 0 Å². The van der Waals surface area contributed by atoms with E-state index in [0.717, 1.165) is 25.8 Å². The quantitative estimate of drug-likeness (QED) is 0.756. The Kier molecular flexibility index (Phi) is 3.85. The Balaban J connectivity index is 1.73. The molecule has 0 amide bonds. The highest BCUT2D eigenvalue weighted by Crippen LogP contribution is 2.72. The molecule has 0 radical (unpaired) electrons. The molecule has 5 aliphatic rings. The van der Waals surface area contributed by atoms with Crippen LogP contribution in [-0.2, 0) is 4.79 Å². The van der Waals surface area contributed by atoms with E-state index in [-0.39, 0.29) is 23.9 Å². The number of aliphatic hydroxyl groups is 1. The summed E-state index contributed by atoms with van der Waals surface area (Å²) in [6.07, 6.45) is 10.6. The number of hydrogen-bond donors (Lipinski definition) is 2. The summed E-state index contributed by atoms with van der Waals surface area (Å²) in [6, 6.07) is 0.457. The van der Waals surface area contributed by atoms with Gasteiger partial charge in [-0.25, -0.2) is 0 Å². The summed E-state index contributed by atoms with van der Waals surface area (Å²) in [4.78, 5) is 14.4. The zero-order valence-electron chi connectivity index (χ0n) is 16.0. The van der Waals surface area contributed by atoms with Gasteiger partial charge in [-0.2, -0.15) is 0 Å². The van der Waals surface area contributed by atoms with Gasteiger partial charge >= 0.3 is 5.97 Å². The Morgan fingerprint density at radius 3 is 2.88 bits per heavy atom. The van der Waals surface area contributed by atoms with E-state index in [0.29, 0.717) is 29.7 Å². The molecule has 2 N–H and O–H groups in total. The van der Waals surface area contributed by atoms with E-state index in [1.807, 2.05) is 0 Å². The lowest BCUT2D eigenvalue weighted by Gasteiger charge is -2.67. The molecule has 5 rings (SSSR count). The second-order valence-corrected chi connectivity index (χ2v) is 9.97. The summed E-state index contributed by atoms with van der Waals surface area (Å²) in [5.41, 5.74) is 1.38. The molecular formula is C22H33NO3. The third kappa shape index (κ3) is 1.95. The SMILES string of the molecule is CC1CN2CC3CCC4CCC=C4C4(CCC(=O)O)C2C1CCC34CO. The molecule has 0 aromatic rings. The number of allylic oxidation sites excluding steroid dienone is 1. The number of carboxylic acid groups (broad SMARTS) is 1. The van der Waals surface area contributed by atoms with Gasteiger partial charge in [-0.1, -0.05) is 18.6 Å². The minimum absolute atomic E-state index is 0.0882. The van der Waals surface area contributed by atoms with Gasteiger partial charge in [-0.3, -0.25) is 9.69 Å². The molecule has 2 saturated heterocycles. The van der Waals surface area contributed by atoms with Crippen molar-refractivity contribution in [2.75, 3.05) is 19.7 Å². The molecule has 7 atom stereocenters. The van der Waals surface area contributed by atoms with Gasteiger partial charge in [-0.05, 0) is 68.6 Å². The van der Waals surface area contributed by atoms with Crippen LogP contribution in [0.2, 0.25) is 0 Å². The molecule has 4 heteroatoms. The predicted octanol–water partition coefficient (Wildman–Crippen LogP) is 3.31. The Hall–Kier alpha value is -0.870. The molecule has 2 saturated carbocycles. The average molecular weight is 360 g/mol. The molecule has 4 nitrogen and oxygen atoms in total. The fourth-order valence-electron chi connectivity index (χ4n) is 8.51. The third-order valence-electron chi connectivity index (χ3n) is 9.32. The van der Waals surface area contributed by atoms with Crippen molar-refractivity contribution in [3.8, 4) is 0 Å². The molecule has 0 aromatic heterocycles. The first-order chi connectivity index (χ1) is 12.5. The van der Waals surface area contributed by atoms with Crippen molar-refractivity contribution in [2.24, 2.45) is 34.5 Å². The minimum Gasteiger partial charge on any atom is -0.481 e. The van der Waals surface area contributed by atoms with E-state index >= 15 is 0 Å². The molecule has 3 aliphatic carbocycles. The average Bonchev–Trinajstić information content (AvgIpc) is 3.20. The number of hydrogen-bond acceptors (Lipinski definition) is 3. The fourth-order valence-corrected chi connectivity index (χ4v) is 8.51. The Morgan fingerprint density at radius 2 is 2.12 bits per heavy atom. The lowest BCUT2D eigenvalue weighted by molar-refractivity contribution is -0.176. The van der Waals surface area contributed by atoms with Crippen molar-refractivity contribution in [3.63, 3.8) is 0 Å². The van der Waals surface area contributed by atoms with Crippen molar-refractivity contribution in [1.82, 2.24) is 4.90 Å². The standard InChI is InChI=1S/C22H33NO3/c1-14-11-23-12-16-6-5-15-3-2-4-18(15)22(10-8-19(25)26)20(23)17(14)7-9-21(16,22)13-24/h4,14-17,20,24H,2-3,5-13H2,1H3,(H,25,26). The largest absolute Gasteiger partial charge is 0.481 e. The van der Waals surface area contributed by atoms with Crippen LogP contribution in [0.3, 0.4) is 0 Å². The van der Waals surface area contributed by atoms with Gasteiger partial charge in [0.1, 0.15) is 0 Å². The van der Waals surface area contributed by atoms with E-state index < -0.39 is 5.97 Å². The number of rotatable bonds is 4. The lowest BCUT2D eigenvalue weighted by atomic mass is 9.42. The zero-order chi connectivity index (χ0) is 18.1. The van der Waals surface area contributed by atoms with Gasteiger partial charge in [0.05, 0.1) is 0 Å². The van der Waals surface area contributed by atoms with E-state index in [1.165, 1.54) is 32.2 Å². The van der Waals surface area contributed by atoms with Crippen LogP contribution in [0.5, 0.6) is 0 Å². The second kappa shape index (κ2) is 5.81. The van der Waals surface area contributed by atoms with Gasteiger partial charge in [0.25, 0.3) is 0 Å². The van der Waals surface area contributed by atoms with Crippen molar-refractivity contribution in [3.05, 3.63) is 11.6 Å². The Labute approximate surface area is 156 Å². The molecule has 0 spiro atoms. The van der Waals surface area contributed by atoms with Crippen LogP contribution in [-0.4, -0.2) is 46.8 Å². The van der Waals surface area contributed by atoms with E-state index in [9.17, 15) is 15.0 Å². The molecule has 26 heavy (non-hydrogen) atoms. The van der Waals surface area contributed by atoms with Crippen molar-refractivity contribution in [2.45, 2.75) is 64.3 Å². The maximum absolute atomic E-state index is 11.6. The van der Waals surface area contributed by atoms with Crippen LogP contribution < -0.4 is 0 Å². The van der Waals surface area contributed by atoms with Crippen LogP contribution in [0.1, 0.15) is 58.3 Å². The highest BCUT2D eigenvalue weighted by atomic mass is 16.4. The van der Waals surface area contributed by atoms with Gasteiger partial charge in [0.15, 0.2) is 0 Å². The van der Waals surface area contributed by atoms with Gasteiger partial charge in [0.2, 0.25) is 0 Å². The maximum Gasteiger partial charge on any atom is 0.303 e. The molecule has 2 heterocycles. The number of aliphatic carboxylic acids is 1. The molecule has 4 bridgehead atoms. The lowest BCUT2D eigenvalue weighted by Crippen LogP contribution is -2.69. The van der Waals surface area contributed by atoms with Crippen molar-refractivity contribution >= 4 is 5.97 Å². The van der Waals surface area contributed by atoms with E-state index in [4.69, 9.17) is 0 Å². The first-order valence-electron chi connectivity index (χ1n) is 10.8. The molecule has 144 valence electrons. The van der Waals surface area contributed by atoms with E-state index in [2.05, 4.69) is 17.9 Å². The molecule has 4 fully saturated rings. The number of fused-ring (bicyclic) bond motifs is 1. The summed E-state index contributed by atoms with van der Waals surface area (Å²) >= 11 is 0. The number of carbonyl (C=O) groups is 1. The summed E-state index contributed by atoms with van der Waals surface area (Å²) in [5, 5.41) is 20.4. The maximum atomic E-state index is 11.6. The highest BCUT2D eigenvalue weighted by Gasteiger charge is 2.71. The molecule has 7 unspecified atom stereocenters. The third-order valence-corrected chi connectivity index (χ3v) is 9.32. The van der Waals surface area contributed by atoms with Crippen molar-refractivity contribution < 1.29 is 15.0 Å². The monoisotopic (exact) mass is 359 g/mol. The van der Waals surface area contributed by atoms with Crippen LogP contribution in [0, 0.1) is 34.5 Å².